The Kier molecular flexibility index (Phi) is 5.19. The average Bonchev–Trinajstić information content (AvgIpc) is 2.89. The highest BCUT2D eigenvalue weighted by atomic mass is 35.5. The number of nitrogens with zero attached hydrogens (tertiary/aromatic N) is 3. The molecule has 6 nitrogen and oxygen atoms in total. The molecule has 4 N–H and O–H groups in total. The number of aromatic nitrogens is 2. The molecule has 0 aliphatic heterocycles. The fraction of sp³-hybridized carbons (Fsp3) is 0.286. The van der Waals surface area contributed by atoms with Crippen LogP contribution in [0.2, 0.25) is 5.02 Å². The van der Waals surface area contributed by atoms with Crippen molar-refractivity contribution in [3.63, 3.8) is 0 Å². The van der Waals surface area contributed by atoms with Crippen LogP contribution in [-0.2, 0) is 20.0 Å². The molecule has 0 aliphatic carbocycles. The standard InChI is InChI=1S/C14H18ClN5O/c1-20-7-5-12(18-20)4-6-17-9-11-3-2-10(8-13(11)15)14(16)19-21/h2-3,5,7-8,17,21H,4,6,9H2,1H3,(H2,16,19). The number of rotatable bonds is 6. The molecule has 0 bridgehead atoms. The second kappa shape index (κ2) is 7.10. The van der Waals surface area contributed by atoms with Crippen molar-refractivity contribution in [3.8, 4) is 0 Å². The minimum Gasteiger partial charge on any atom is -0.409 e. The maximum Gasteiger partial charge on any atom is 0.170 e. The monoisotopic (exact) mass is 307 g/mol. The molecule has 1 aromatic carbocycles. The summed E-state index contributed by atoms with van der Waals surface area (Å²) in [6.45, 7) is 1.47. The van der Waals surface area contributed by atoms with E-state index in [1.807, 2.05) is 25.4 Å². The van der Waals surface area contributed by atoms with Crippen molar-refractivity contribution >= 4 is 17.4 Å². The Labute approximate surface area is 128 Å². The topological polar surface area (TPSA) is 88.5 Å². The number of aryl methyl sites for hydroxylation is 1. The molecule has 0 atom stereocenters. The minimum atomic E-state index is 0.0477. The lowest BCUT2D eigenvalue weighted by Gasteiger charge is -2.08. The Balaban J connectivity index is 1.86. The summed E-state index contributed by atoms with van der Waals surface area (Å²) in [5.74, 6) is 0.0477. The van der Waals surface area contributed by atoms with Gasteiger partial charge in [-0.15, -0.1) is 0 Å². The lowest BCUT2D eigenvalue weighted by molar-refractivity contribution is 0.318. The second-order valence-corrected chi connectivity index (χ2v) is 5.11. The van der Waals surface area contributed by atoms with E-state index < -0.39 is 0 Å². The minimum absolute atomic E-state index is 0.0477. The van der Waals surface area contributed by atoms with E-state index in [-0.39, 0.29) is 5.84 Å². The molecule has 112 valence electrons. The maximum atomic E-state index is 8.63. The van der Waals surface area contributed by atoms with Crippen LogP contribution >= 0.6 is 11.6 Å². The highest BCUT2D eigenvalue weighted by Gasteiger charge is 2.05. The summed E-state index contributed by atoms with van der Waals surface area (Å²) in [6, 6.07) is 7.33. The smallest absolute Gasteiger partial charge is 0.170 e. The van der Waals surface area contributed by atoms with Crippen molar-refractivity contribution in [2.75, 3.05) is 6.54 Å². The molecule has 2 aromatic rings. The van der Waals surface area contributed by atoms with Gasteiger partial charge in [-0.1, -0.05) is 28.9 Å². The first-order valence-electron chi connectivity index (χ1n) is 6.55. The third-order valence-electron chi connectivity index (χ3n) is 3.10. The molecule has 0 radical (unpaired) electrons. The van der Waals surface area contributed by atoms with Gasteiger partial charge >= 0.3 is 0 Å². The van der Waals surface area contributed by atoms with Crippen molar-refractivity contribution in [3.05, 3.63) is 52.3 Å². The third kappa shape index (κ3) is 4.21. The van der Waals surface area contributed by atoms with E-state index in [0.717, 1.165) is 24.2 Å². The van der Waals surface area contributed by atoms with Crippen molar-refractivity contribution < 1.29 is 5.21 Å². The predicted octanol–water partition coefficient (Wildman–Crippen LogP) is 1.50. The number of hydrogen-bond donors (Lipinski definition) is 3. The molecule has 0 spiro atoms. The van der Waals surface area contributed by atoms with Crippen molar-refractivity contribution in [1.29, 1.82) is 0 Å². The van der Waals surface area contributed by atoms with Crippen LogP contribution in [0.4, 0.5) is 0 Å². The molecule has 1 heterocycles. The summed E-state index contributed by atoms with van der Waals surface area (Å²) in [6.07, 6.45) is 2.79. The van der Waals surface area contributed by atoms with Crippen LogP contribution in [0.3, 0.4) is 0 Å². The van der Waals surface area contributed by atoms with Crippen molar-refractivity contribution in [2.45, 2.75) is 13.0 Å². The Bertz CT molecular complexity index is 638. The Morgan fingerprint density at radius 3 is 2.90 bits per heavy atom. The molecule has 21 heavy (non-hydrogen) atoms. The number of halogens is 1. The molecular weight excluding hydrogens is 290 g/mol. The SMILES string of the molecule is Cn1ccc(CCNCc2ccc(/C(N)=N/O)cc2Cl)n1. The van der Waals surface area contributed by atoms with Gasteiger partial charge in [0.25, 0.3) is 0 Å². The number of nitrogens with one attached hydrogen (secondary N) is 1. The molecule has 1 aromatic heterocycles. The van der Waals surface area contributed by atoms with Gasteiger partial charge in [0, 0.05) is 43.3 Å². The third-order valence-corrected chi connectivity index (χ3v) is 3.45. The van der Waals surface area contributed by atoms with Gasteiger partial charge in [-0.2, -0.15) is 5.10 Å². The highest BCUT2D eigenvalue weighted by Crippen LogP contribution is 2.17. The average molecular weight is 308 g/mol. The fourth-order valence-electron chi connectivity index (χ4n) is 1.94. The van der Waals surface area contributed by atoms with Gasteiger partial charge in [-0.3, -0.25) is 4.68 Å². The summed E-state index contributed by atoms with van der Waals surface area (Å²) < 4.78 is 1.79. The van der Waals surface area contributed by atoms with Crippen LogP contribution in [0.1, 0.15) is 16.8 Å². The molecule has 2 rings (SSSR count). The highest BCUT2D eigenvalue weighted by molar-refractivity contribution is 6.31. The molecule has 0 unspecified atom stereocenters. The predicted molar refractivity (Wildman–Crippen MR) is 82.6 cm³/mol. The first-order chi connectivity index (χ1) is 10.1. The molecule has 0 amide bonds. The lowest BCUT2D eigenvalue weighted by atomic mass is 10.1. The zero-order valence-electron chi connectivity index (χ0n) is 11.8. The van der Waals surface area contributed by atoms with Crippen molar-refractivity contribution in [2.24, 2.45) is 17.9 Å². The quantitative estimate of drug-likeness (QED) is 0.248. The first-order valence-corrected chi connectivity index (χ1v) is 6.93. The summed E-state index contributed by atoms with van der Waals surface area (Å²) in [5, 5.41) is 19.8. The molecule has 0 fully saturated rings. The number of hydrogen-bond acceptors (Lipinski definition) is 4. The summed E-state index contributed by atoms with van der Waals surface area (Å²) in [7, 11) is 1.90. The Morgan fingerprint density at radius 2 is 2.29 bits per heavy atom. The number of nitrogens with two attached hydrogens (primary N) is 1. The van der Waals surface area contributed by atoms with E-state index in [1.165, 1.54) is 0 Å². The zero-order chi connectivity index (χ0) is 15.2. The summed E-state index contributed by atoms with van der Waals surface area (Å²) >= 11 is 6.18. The number of oxime groups is 1. The van der Waals surface area contributed by atoms with Crippen LogP contribution in [0.15, 0.2) is 35.6 Å². The molecular formula is C14H18ClN5O. The number of benzene rings is 1. The van der Waals surface area contributed by atoms with E-state index in [4.69, 9.17) is 22.5 Å². The fourth-order valence-corrected chi connectivity index (χ4v) is 2.19. The van der Waals surface area contributed by atoms with Gasteiger partial charge in [-0.25, -0.2) is 0 Å². The van der Waals surface area contributed by atoms with Gasteiger partial charge in [0.2, 0.25) is 0 Å². The van der Waals surface area contributed by atoms with Crippen molar-refractivity contribution in [1.82, 2.24) is 15.1 Å². The molecule has 0 saturated heterocycles. The van der Waals surface area contributed by atoms with Crippen LogP contribution in [0, 0.1) is 0 Å². The normalized spacial score (nSPS) is 11.8. The zero-order valence-corrected chi connectivity index (χ0v) is 12.5. The summed E-state index contributed by atoms with van der Waals surface area (Å²) in [4.78, 5) is 0. The van der Waals surface area contributed by atoms with E-state index in [2.05, 4.69) is 15.6 Å². The van der Waals surface area contributed by atoms with Crippen LogP contribution in [-0.4, -0.2) is 27.4 Å². The first kappa shape index (κ1) is 15.3. The van der Waals surface area contributed by atoms with Gasteiger partial charge < -0.3 is 16.3 Å². The second-order valence-electron chi connectivity index (χ2n) is 4.70. The Morgan fingerprint density at radius 1 is 1.48 bits per heavy atom. The van der Waals surface area contributed by atoms with Crippen LogP contribution in [0.25, 0.3) is 0 Å². The molecule has 0 aliphatic rings. The van der Waals surface area contributed by atoms with Crippen LogP contribution < -0.4 is 11.1 Å². The van der Waals surface area contributed by atoms with E-state index >= 15 is 0 Å². The van der Waals surface area contributed by atoms with E-state index in [0.29, 0.717) is 17.1 Å². The van der Waals surface area contributed by atoms with Gasteiger partial charge in [0.1, 0.15) is 0 Å². The number of amidine groups is 1. The van der Waals surface area contributed by atoms with E-state index in [9.17, 15) is 0 Å². The summed E-state index contributed by atoms with van der Waals surface area (Å²) in [5.41, 5.74) is 8.13. The maximum absolute atomic E-state index is 8.63. The van der Waals surface area contributed by atoms with Gasteiger partial charge in [0.15, 0.2) is 5.84 Å². The van der Waals surface area contributed by atoms with Crippen LogP contribution in [0.5, 0.6) is 0 Å². The van der Waals surface area contributed by atoms with Gasteiger partial charge in [-0.05, 0) is 17.7 Å². The Hall–Kier alpha value is -2.05. The molecule has 0 saturated carbocycles. The molecule has 7 heteroatoms. The van der Waals surface area contributed by atoms with Gasteiger partial charge in [0.05, 0.1) is 5.69 Å². The van der Waals surface area contributed by atoms with E-state index in [1.54, 1.807) is 16.8 Å². The lowest BCUT2D eigenvalue weighted by Crippen LogP contribution is -2.18. The largest absolute Gasteiger partial charge is 0.409 e.